The summed E-state index contributed by atoms with van der Waals surface area (Å²) in [5.74, 6) is 0. The van der Waals surface area contributed by atoms with Gasteiger partial charge in [0, 0.05) is 26.2 Å². The molecule has 0 aromatic heterocycles. The molecule has 0 spiro atoms. The zero-order valence-electron chi connectivity index (χ0n) is 11.2. The SMILES string of the molecule is Cc1ccc(Cl)c(NCC(O)CN2CCOCC2)c1. The molecule has 1 aromatic carbocycles. The quantitative estimate of drug-likeness (QED) is 0.865. The first-order valence-electron chi connectivity index (χ1n) is 6.63. The maximum Gasteiger partial charge on any atom is 0.0839 e. The third kappa shape index (κ3) is 4.66. The van der Waals surface area contributed by atoms with Gasteiger partial charge in [-0.15, -0.1) is 0 Å². The van der Waals surface area contributed by atoms with Crippen molar-refractivity contribution in [3.63, 3.8) is 0 Å². The van der Waals surface area contributed by atoms with E-state index in [-0.39, 0.29) is 0 Å². The Labute approximate surface area is 119 Å². The van der Waals surface area contributed by atoms with E-state index in [4.69, 9.17) is 16.3 Å². The van der Waals surface area contributed by atoms with E-state index in [1.54, 1.807) is 0 Å². The summed E-state index contributed by atoms with van der Waals surface area (Å²) in [5.41, 5.74) is 2.03. The second kappa shape index (κ2) is 7.10. The fourth-order valence-corrected chi connectivity index (χ4v) is 2.33. The van der Waals surface area contributed by atoms with Crippen LogP contribution in [0.2, 0.25) is 5.02 Å². The van der Waals surface area contributed by atoms with Crippen LogP contribution in [0.4, 0.5) is 5.69 Å². The first-order chi connectivity index (χ1) is 9.15. The summed E-state index contributed by atoms with van der Waals surface area (Å²) in [6, 6.07) is 5.83. The zero-order valence-corrected chi connectivity index (χ0v) is 12.0. The average molecular weight is 285 g/mol. The van der Waals surface area contributed by atoms with Crippen molar-refractivity contribution in [2.24, 2.45) is 0 Å². The fourth-order valence-electron chi connectivity index (χ4n) is 2.15. The smallest absolute Gasteiger partial charge is 0.0839 e. The largest absolute Gasteiger partial charge is 0.390 e. The van der Waals surface area contributed by atoms with E-state index in [0.29, 0.717) is 18.1 Å². The Morgan fingerprint density at radius 2 is 2.16 bits per heavy atom. The highest BCUT2D eigenvalue weighted by atomic mass is 35.5. The molecule has 2 rings (SSSR count). The molecule has 1 aliphatic heterocycles. The molecule has 1 aliphatic rings. The minimum Gasteiger partial charge on any atom is -0.390 e. The number of rotatable bonds is 5. The number of hydrogen-bond acceptors (Lipinski definition) is 4. The van der Waals surface area contributed by atoms with Crippen LogP contribution in [-0.2, 0) is 4.74 Å². The van der Waals surface area contributed by atoms with E-state index in [2.05, 4.69) is 10.2 Å². The summed E-state index contributed by atoms with van der Waals surface area (Å²) in [5, 5.41) is 13.9. The molecule has 19 heavy (non-hydrogen) atoms. The number of aliphatic hydroxyl groups excluding tert-OH is 1. The summed E-state index contributed by atoms with van der Waals surface area (Å²) < 4.78 is 5.28. The predicted octanol–water partition coefficient (Wildman–Crippen LogP) is 1.75. The monoisotopic (exact) mass is 284 g/mol. The lowest BCUT2D eigenvalue weighted by atomic mass is 10.2. The number of nitrogens with zero attached hydrogens (tertiary/aromatic N) is 1. The molecular weight excluding hydrogens is 264 g/mol. The van der Waals surface area contributed by atoms with Gasteiger partial charge in [-0.2, -0.15) is 0 Å². The van der Waals surface area contributed by atoms with Gasteiger partial charge in [0.25, 0.3) is 0 Å². The highest BCUT2D eigenvalue weighted by molar-refractivity contribution is 6.33. The normalized spacial score (nSPS) is 18.3. The van der Waals surface area contributed by atoms with E-state index < -0.39 is 6.10 Å². The van der Waals surface area contributed by atoms with Gasteiger partial charge < -0.3 is 15.2 Å². The van der Waals surface area contributed by atoms with Crippen LogP contribution in [0, 0.1) is 6.92 Å². The summed E-state index contributed by atoms with van der Waals surface area (Å²) in [6.45, 7) is 6.48. The van der Waals surface area contributed by atoms with Crippen molar-refractivity contribution in [3.8, 4) is 0 Å². The topological polar surface area (TPSA) is 44.7 Å². The second-order valence-electron chi connectivity index (χ2n) is 4.93. The summed E-state index contributed by atoms with van der Waals surface area (Å²) in [7, 11) is 0. The lowest BCUT2D eigenvalue weighted by Gasteiger charge is -2.28. The minimum absolute atomic E-state index is 0.408. The van der Waals surface area contributed by atoms with Gasteiger partial charge in [0.15, 0.2) is 0 Å². The Bertz CT molecular complexity index is 408. The molecule has 4 nitrogen and oxygen atoms in total. The molecule has 0 bridgehead atoms. The lowest BCUT2D eigenvalue weighted by Crippen LogP contribution is -2.42. The standard InChI is InChI=1S/C14H21ClN2O2/c1-11-2-3-13(15)14(8-11)16-9-12(18)10-17-4-6-19-7-5-17/h2-3,8,12,16,18H,4-7,9-10H2,1H3. The molecule has 1 fully saturated rings. The molecule has 1 atom stereocenters. The molecule has 0 saturated carbocycles. The van der Waals surface area contributed by atoms with Crippen molar-refractivity contribution < 1.29 is 9.84 Å². The number of aryl methyl sites for hydroxylation is 1. The number of aliphatic hydroxyl groups is 1. The zero-order chi connectivity index (χ0) is 13.7. The number of morpholine rings is 1. The van der Waals surface area contributed by atoms with Crippen LogP contribution in [0.3, 0.4) is 0 Å². The first kappa shape index (κ1) is 14.6. The molecule has 0 aliphatic carbocycles. The number of β-amino-alcohol motifs (C(OH)–C–C–N with tert-alkyl or cyclic N) is 1. The highest BCUT2D eigenvalue weighted by Crippen LogP contribution is 2.22. The van der Waals surface area contributed by atoms with Crippen LogP contribution in [0.15, 0.2) is 18.2 Å². The van der Waals surface area contributed by atoms with Gasteiger partial charge in [-0.05, 0) is 24.6 Å². The van der Waals surface area contributed by atoms with Gasteiger partial charge >= 0.3 is 0 Å². The second-order valence-corrected chi connectivity index (χ2v) is 5.34. The van der Waals surface area contributed by atoms with E-state index in [0.717, 1.165) is 37.6 Å². The molecular formula is C14H21ClN2O2. The number of anilines is 1. The van der Waals surface area contributed by atoms with E-state index in [1.807, 2.05) is 25.1 Å². The highest BCUT2D eigenvalue weighted by Gasteiger charge is 2.14. The van der Waals surface area contributed by atoms with E-state index >= 15 is 0 Å². The molecule has 1 heterocycles. The maximum absolute atomic E-state index is 10.0. The third-order valence-corrected chi connectivity index (χ3v) is 3.55. The first-order valence-corrected chi connectivity index (χ1v) is 7.01. The average Bonchev–Trinajstić information content (AvgIpc) is 2.41. The third-order valence-electron chi connectivity index (χ3n) is 3.22. The molecule has 0 amide bonds. The van der Waals surface area contributed by atoms with Crippen LogP contribution < -0.4 is 5.32 Å². The van der Waals surface area contributed by atoms with Gasteiger partial charge in [0.05, 0.1) is 30.0 Å². The van der Waals surface area contributed by atoms with E-state index in [9.17, 15) is 5.11 Å². The summed E-state index contributed by atoms with van der Waals surface area (Å²) >= 11 is 6.10. The number of nitrogens with one attached hydrogen (secondary N) is 1. The number of ether oxygens (including phenoxy) is 1. The van der Waals surface area contributed by atoms with E-state index in [1.165, 1.54) is 0 Å². The summed E-state index contributed by atoms with van der Waals surface area (Å²) in [4.78, 5) is 2.22. The predicted molar refractivity (Wildman–Crippen MR) is 77.9 cm³/mol. The number of hydrogen-bond donors (Lipinski definition) is 2. The van der Waals surface area contributed by atoms with Gasteiger partial charge in [0.1, 0.15) is 0 Å². The Morgan fingerprint density at radius 3 is 2.89 bits per heavy atom. The lowest BCUT2D eigenvalue weighted by molar-refractivity contribution is 0.0171. The Kier molecular flexibility index (Phi) is 5.45. The van der Waals surface area contributed by atoms with Crippen molar-refractivity contribution >= 4 is 17.3 Å². The Morgan fingerprint density at radius 1 is 1.42 bits per heavy atom. The van der Waals surface area contributed by atoms with Crippen molar-refractivity contribution in [1.29, 1.82) is 0 Å². The van der Waals surface area contributed by atoms with Crippen LogP contribution >= 0.6 is 11.6 Å². The molecule has 1 aromatic rings. The molecule has 106 valence electrons. The number of halogens is 1. The maximum atomic E-state index is 10.0. The van der Waals surface area contributed by atoms with Crippen LogP contribution in [0.5, 0.6) is 0 Å². The van der Waals surface area contributed by atoms with Crippen LogP contribution in [0.1, 0.15) is 5.56 Å². The van der Waals surface area contributed by atoms with Gasteiger partial charge in [-0.3, -0.25) is 4.90 Å². The molecule has 1 saturated heterocycles. The molecule has 2 N–H and O–H groups in total. The van der Waals surface area contributed by atoms with Gasteiger partial charge in [-0.25, -0.2) is 0 Å². The van der Waals surface area contributed by atoms with Gasteiger partial charge in [0.2, 0.25) is 0 Å². The van der Waals surface area contributed by atoms with Gasteiger partial charge in [-0.1, -0.05) is 17.7 Å². The van der Waals surface area contributed by atoms with Crippen molar-refractivity contribution in [1.82, 2.24) is 4.90 Å². The van der Waals surface area contributed by atoms with Crippen LogP contribution in [0.25, 0.3) is 0 Å². The molecule has 1 unspecified atom stereocenters. The van der Waals surface area contributed by atoms with Crippen molar-refractivity contribution in [2.45, 2.75) is 13.0 Å². The molecule has 0 radical (unpaired) electrons. The minimum atomic E-state index is -0.408. The number of benzene rings is 1. The summed E-state index contributed by atoms with van der Waals surface area (Å²) in [6.07, 6.45) is -0.408. The molecule has 5 heteroatoms. The fraction of sp³-hybridized carbons (Fsp3) is 0.571. The Balaban J connectivity index is 1.79. The Hall–Kier alpha value is -0.810. The van der Waals surface area contributed by atoms with Crippen molar-refractivity contribution in [3.05, 3.63) is 28.8 Å². The van der Waals surface area contributed by atoms with Crippen molar-refractivity contribution in [2.75, 3.05) is 44.7 Å². The van der Waals surface area contributed by atoms with Crippen LogP contribution in [-0.4, -0.2) is 55.5 Å².